The molecule has 2 aliphatic rings. The molecule has 6 nitrogen and oxygen atoms in total. The summed E-state index contributed by atoms with van der Waals surface area (Å²) in [6.45, 7) is 3.95. The van der Waals surface area contributed by atoms with Crippen molar-refractivity contribution in [3.63, 3.8) is 0 Å². The van der Waals surface area contributed by atoms with Crippen LogP contribution >= 0.6 is 0 Å². The Morgan fingerprint density at radius 2 is 1.96 bits per heavy atom. The molecule has 0 aromatic carbocycles. The van der Waals surface area contributed by atoms with Crippen LogP contribution in [0, 0.1) is 0 Å². The molecule has 0 spiro atoms. The first-order chi connectivity index (χ1) is 11.2. The molecule has 3 heterocycles. The average Bonchev–Trinajstić information content (AvgIpc) is 2.86. The van der Waals surface area contributed by atoms with Gasteiger partial charge in [0.05, 0.1) is 7.11 Å². The molecule has 0 N–H and O–H groups in total. The lowest BCUT2D eigenvalue weighted by Crippen LogP contribution is -2.42. The summed E-state index contributed by atoms with van der Waals surface area (Å²) in [7, 11) is 3.50. The van der Waals surface area contributed by atoms with Gasteiger partial charge >= 0.3 is 6.09 Å². The Morgan fingerprint density at radius 1 is 1.17 bits per heavy atom. The molecule has 2 saturated heterocycles. The number of nitrogens with zero attached hydrogens (tertiary/aromatic N) is 4. The number of methoxy groups -OCH3 is 1. The summed E-state index contributed by atoms with van der Waals surface area (Å²) in [5.74, 6) is 0.635. The number of hydrogen-bond acceptors (Lipinski definition) is 4. The van der Waals surface area contributed by atoms with E-state index < -0.39 is 0 Å². The lowest BCUT2D eigenvalue weighted by atomic mass is 9.91. The second kappa shape index (κ2) is 7.34. The Labute approximate surface area is 138 Å². The van der Waals surface area contributed by atoms with Gasteiger partial charge in [0.15, 0.2) is 0 Å². The first kappa shape index (κ1) is 16.3. The van der Waals surface area contributed by atoms with Crippen molar-refractivity contribution in [1.29, 1.82) is 0 Å². The normalized spacial score (nSPS) is 24.4. The van der Waals surface area contributed by atoms with Crippen LogP contribution in [-0.2, 0) is 11.8 Å². The van der Waals surface area contributed by atoms with Gasteiger partial charge in [-0.15, -0.1) is 0 Å². The number of hydrogen-bond donors (Lipinski definition) is 0. The maximum absolute atomic E-state index is 11.7. The van der Waals surface area contributed by atoms with Crippen molar-refractivity contribution in [1.82, 2.24) is 19.6 Å². The lowest BCUT2D eigenvalue weighted by molar-refractivity contribution is 0.119. The summed E-state index contributed by atoms with van der Waals surface area (Å²) >= 11 is 0. The van der Waals surface area contributed by atoms with E-state index in [1.807, 2.05) is 22.8 Å². The molecule has 3 rings (SSSR count). The van der Waals surface area contributed by atoms with Crippen LogP contribution in [0.1, 0.15) is 43.7 Å². The minimum absolute atomic E-state index is 0.180. The quantitative estimate of drug-likeness (QED) is 0.838. The highest BCUT2D eigenvalue weighted by atomic mass is 16.5. The van der Waals surface area contributed by atoms with Gasteiger partial charge in [-0.05, 0) is 51.3 Å². The molecular formula is C17H28N4O2. The van der Waals surface area contributed by atoms with Crippen LogP contribution < -0.4 is 0 Å². The molecule has 0 radical (unpaired) electrons. The molecule has 1 amide bonds. The SMILES string of the molecule is COC(=O)N1CCCC(N2CCC(c3ccnn3C)CC2)CC1. The maximum atomic E-state index is 11.7. The van der Waals surface area contributed by atoms with Crippen LogP contribution in [0.2, 0.25) is 0 Å². The molecule has 1 aromatic heterocycles. The van der Waals surface area contributed by atoms with Gasteiger partial charge in [-0.1, -0.05) is 0 Å². The Bertz CT molecular complexity index is 522. The zero-order valence-electron chi connectivity index (χ0n) is 14.3. The Balaban J connectivity index is 1.52. The van der Waals surface area contributed by atoms with Crippen LogP contribution in [0.15, 0.2) is 12.3 Å². The van der Waals surface area contributed by atoms with Gasteiger partial charge in [0, 0.05) is 44.0 Å². The monoisotopic (exact) mass is 320 g/mol. The summed E-state index contributed by atoms with van der Waals surface area (Å²) in [4.78, 5) is 16.2. The van der Waals surface area contributed by atoms with Crippen molar-refractivity contribution >= 4 is 6.09 Å². The number of aromatic nitrogens is 2. The molecular weight excluding hydrogens is 292 g/mol. The molecule has 2 fully saturated rings. The molecule has 1 aromatic rings. The molecule has 0 bridgehead atoms. The smallest absolute Gasteiger partial charge is 0.409 e. The maximum Gasteiger partial charge on any atom is 0.409 e. The summed E-state index contributed by atoms with van der Waals surface area (Å²) < 4.78 is 6.87. The number of likely N-dealkylation sites (tertiary alicyclic amines) is 2. The number of amides is 1. The third-order valence-corrected chi connectivity index (χ3v) is 5.45. The summed E-state index contributed by atoms with van der Waals surface area (Å²) in [6.07, 6.45) is 7.44. The van der Waals surface area contributed by atoms with Crippen molar-refractivity contribution < 1.29 is 9.53 Å². The highest BCUT2D eigenvalue weighted by molar-refractivity contribution is 5.67. The van der Waals surface area contributed by atoms with E-state index in [2.05, 4.69) is 16.1 Å². The highest BCUT2D eigenvalue weighted by Crippen LogP contribution is 2.30. The zero-order valence-corrected chi connectivity index (χ0v) is 14.3. The third-order valence-electron chi connectivity index (χ3n) is 5.45. The van der Waals surface area contributed by atoms with Gasteiger partial charge in [-0.3, -0.25) is 4.68 Å². The highest BCUT2D eigenvalue weighted by Gasteiger charge is 2.29. The van der Waals surface area contributed by atoms with Crippen LogP contribution in [-0.4, -0.2) is 65.0 Å². The van der Waals surface area contributed by atoms with Crippen LogP contribution in [0.5, 0.6) is 0 Å². The van der Waals surface area contributed by atoms with Crippen molar-refractivity contribution in [2.75, 3.05) is 33.3 Å². The van der Waals surface area contributed by atoms with Gasteiger partial charge in [0.2, 0.25) is 0 Å². The molecule has 1 unspecified atom stereocenters. The molecule has 0 aliphatic carbocycles. The second-order valence-electron chi connectivity index (χ2n) is 6.73. The van der Waals surface area contributed by atoms with Crippen molar-refractivity contribution in [3.05, 3.63) is 18.0 Å². The number of rotatable bonds is 2. The fraction of sp³-hybridized carbons (Fsp3) is 0.765. The van der Waals surface area contributed by atoms with Gasteiger partial charge in [0.1, 0.15) is 0 Å². The fourth-order valence-electron chi connectivity index (χ4n) is 4.10. The fourth-order valence-corrected chi connectivity index (χ4v) is 4.10. The summed E-state index contributed by atoms with van der Waals surface area (Å²) in [5, 5.41) is 4.30. The van der Waals surface area contributed by atoms with E-state index >= 15 is 0 Å². The molecule has 128 valence electrons. The van der Waals surface area contributed by atoms with E-state index in [0.29, 0.717) is 12.0 Å². The summed E-state index contributed by atoms with van der Waals surface area (Å²) in [5.41, 5.74) is 1.36. The van der Waals surface area contributed by atoms with E-state index in [9.17, 15) is 4.79 Å². The van der Waals surface area contributed by atoms with Crippen LogP contribution in [0.3, 0.4) is 0 Å². The van der Waals surface area contributed by atoms with Gasteiger partial charge < -0.3 is 14.5 Å². The first-order valence-electron chi connectivity index (χ1n) is 8.74. The zero-order chi connectivity index (χ0) is 16.2. The van der Waals surface area contributed by atoms with Crippen LogP contribution in [0.25, 0.3) is 0 Å². The largest absolute Gasteiger partial charge is 0.453 e. The Hall–Kier alpha value is -1.56. The first-order valence-corrected chi connectivity index (χ1v) is 8.74. The number of piperidine rings is 1. The van der Waals surface area contributed by atoms with Gasteiger partial charge in [0.25, 0.3) is 0 Å². The second-order valence-corrected chi connectivity index (χ2v) is 6.73. The van der Waals surface area contributed by atoms with Crippen molar-refractivity contribution in [3.8, 4) is 0 Å². The number of aryl methyl sites for hydroxylation is 1. The number of carbonyl (C=O) groups is 1. The number of carbonyl (C=O) groups excluding carboxylic acids is 1. The molecule has 23 heavy (non-hydrogen) atoms. The Morgan fingerprint density at radius 3 is 2.61 bits per heavy atom. The van der Waals surface area contributed by atoms with E-state index in [1.165, 1.54) is 32.1 Å². The molecule has 0 saturated carbocycles. The minimum atomic E-state index is -0.180. The van der Waals surface area contributed by atoms with Gasteiger partial charge in [-0.2, -0.15) is 5.10 Å². The summed E-state index contributed by atoms with van der Waals surface area (Å²) in [6, 6.07) is 2.76. The van der Waals surface area contributed by atoms with E-state index in [-0.39, 0.29) is 6.09 Å². The molecule has 2 aliphatic heterocycles. The predicted molar refractivity (Wildman–Crippen MR) is 88.4 cm³/mol. The Kier molecular flexibility index (Phi) is 5.20. The average molecular weight is 320 g/mol. The van der Waals surface area contributed by atoms with Crippen molar-refractivity contribution in [2.24, 2.45) is 7.05 Å². The number of ether oxygens (including phenoxy) is 1. The minimum Gasteiger partial charge on any atom is -0.453 e. The topological polar surface area (TPSA) is 50.6 Å². The predicted octanol–water partition coefficient (Wildman–Crippen LogP) is 2.22. The standard InChI is InChI=1S/C17H28N4O2/c1-19-16(5-9-18-19)14-6-11-20(12-7-14)15-4-3-10-21(13-8-15)17(22)23-2/h5,9,14-15H,3-4,6-8,10-13H2,1-2H3. The van der Waals surface area contributed by atoms with Gasteiger partial charge in [-0.25, -0.2) is 4.79 Å². The lowest BCUT2D eigenvalue weighted by Gasteiger charge is -2.37. The molecule has 1 atom stereocenters. The van der Waals surface area contributed by atoms with Crippen LogP contribution in [0.4, 0.5) is 4.79 Å². The van der Waals surface area contributed by atoms with E-state index in [1.54, 1.807) is 0 Å². The van der Waals surface area contributed by atoms with E-state index in [0.717, 1.165) is 39.0 Å². The molecule has 6 heteroatoms. The van der Waals surface area contributed by atoms with E-state index in [4.69, 9.17) is 4.74 Å². The third kappa shape index (κ3) is 3.68. The van der Waals surface area contributed by atoms with Crippen molar-refractivity contribution in [2.45, 2.75) is 44.1 Å².